The van der Waals surface area contributed by atoms with E-state index in [9.17, 15) is 20.4 Å². The van der Waals surface area contributed by atoms with Crippen LogP contribution in [0.4, 0.5) is 0 Å². The van der Waals surface area contributed by atoms with Crippen molar-refractivity contribution in [2.75, 3.05) is 0 Å². The Morgan fingerprint density at radius 3 is 2.13 bits per heavy atom. The van der Waals surface area contributed by atoms with Gasteiger partial charge in [-0.2, -0.15) is 0 Å². The molecule has 0 atom stereocenters. The Labute approximate surface area is 136 Å². The van der Waals surface area contributed by atoms with E-state index in [-0.39, 0.29) is 29.2 Å². The number of aliphatic hydroxyl groups is 1. The Kier molecular flexibility index (Phi) is 5.16. The fourth-order valence-corrected chi connectivity index (χ4v) is 2.53. The molecule has 2 aromatic carbocycles. The highest BCUT2D eigenvalue weighted by molar-refractivity contribution is 5.56. The zero-order chi connectivity index (χ0) is 17.0. The summed E-state index contributed by atoms with van der Waals surface area (Å²) in [5, 5.41) is 40.3. The minimum Gasteiger partial charge on any atom is -0.508 e. The number of aromatic hydroxyl groups is 3. The summed E-state index contributed by atoms with van der Waals surface area (Å²) in [5.74, 6) is -0.533. The predicted molar refractivity (Wildman–Crippen MR) is 89.9 cm³/mol. The van der Waals surface area contributed by atoms with Gasteiger partial charge in [0.15, 0.2) is 11.5 Å². The summed E-state index contributed by atoms with van der Waals surface area (Å²) in [7, 11) is 0. The van der Waals surface area contributed by atoms with Gasteiger partial charge in [0.1, 0.15) is 5.75 Å². The number of phenols is 3. The van der Waals surface area contributed by atoms with E-state index in [2.05, 4.69) is 0 Å². The summed E-state index contributed by atoms with van der Waals surface area (Å²) in [6.07, 6.45) is 1.88. The Morgan fingerprint density at radius 1 is 0.870 bits per heavy atom. The van der Waals surface area contributed by atoms with Gasteiger partial charge in [-0.15, -0.1) is 0 Å². The fourth-order valence-electron chi connectivity index (χ4n) is 2.53. The van der Waals surface area contributed by atoms with Gasteiger partial charge in [0, 0.05) is 11.1 Å². The largest absolute Gasteiger partial charge is 0.508 e. The molecule has 124 valence electrons. The third kappa shape index (κ3) is 4.63. The number of rotatable bonds is 6. The predicted octanol–water partition coefficient (Wildman–Crippen LogP) is 3.29. The summed E-state index contributed by atoms with van der Waals surface area (Å²) in [6, 6.07) is 11.3. The van der Waals surface area contributed by atoms with Gasteiger partial charge >= 0.3 is 0 Å². The van der Waals surface area contributed by atoms with Crippen molar-refractivity contribution in [1.82, 2.24) is 0 Å². The van der Waals surface area contributed by atoms with Crippen molar-refractivity contribution in [3.8, 4) is 17.2 Å². The van der Waals surface area contributed by atoms with Gasteiger partial charge in [-0.3, -0.25) is 0 Å². The summed E-state index contributed by atoms with van der Waals surface area (Å²) in [6.45, 7) is 3.32. The second-order valence-corrected chi connectivity index (χ2v) is 6.53. The van der Waals surface area contributed by atoms with Crippen LogP contribution in [-0.2, 0) is 19.3 Å². The molecular formula is C19H24O4. The number of hydrogen-bond acceptors (Lipinski definition) is 4. The summed E-state index contributed by atoms with van der Waals surface area (Å²) in [5.41, 5.74) is 1.00. The molecule has 0 saturated heterocycles. The third-order valence-electron chi connectivity index (χ3n) is 3.95. The van der Waals surface area contributed by atoms with Gasteiger partial charge in [-0.05, 0) is 51.2 Å². The van der Waals surface area contributed by atoms with Crippen LogP contribution in [0.25, 0.3) is 0 Å². The van der Waals surface area contributed by atoms with Gasteiger partial charge in [-0.25, -0.2) is 0 Å². The first-order chi connectivity index (χ1) is 10.8. The van der Waals surface area contributed by atoms with Crippen LogP contribution in [0.15, 0.2) is 36.4 Å². The number of benzene rings is 2. The van der Waals surface area contributed by atoms with E-state index in [1.165, 1.54) is 6.07 Å². The van der Waals surface area contributed by atoms with Crippen molar-refractivity contribution in [1.29, 1.82) is 0 Å². The molecule has 0 radical (unpaired) electrons. The van der Waals surface area contributed by atoms with E-state index >= 15 is 0 Å². The Balaban J connectivity index is 2.16. The molecule has 0 spiro atoms. The van der Waals surface area contributed by atoms with Gasteiger partial charge in [0.05, 0.1) is 5.60 Å². The van der Waals surface area contributed by atoms with Crippen LogP contribution < -0.4 is 0 Å². The van der Waals surface area contributed by atoms with Crippen molar-refractivity contribution in [3.63, 3.8) is 0 Å². The lowest BCUT2D eigenvalue weighted by molar-refractivity contribution is 0.0711. The Morgan fingerprint density at radius 2 is 1.52 bits per heavy atom. The van der Waals surface area contributed by atoms with Crippen molar-refractivity contribution in [2.45, 2.75) is 45.1 Å². The maximum Gasteiger partial charge on any atom is 0.164 e. The van der Waals surface area contributed by atoms with Crippen molar-refractivity contribution < 1.29 is 20.4 Å². The molecule has 0 bridgehead atoms. The lowest BCUT2D eigenvalue weighted by Gasteiger charge is -2.18. The summed E-state index contributed by atoms with van der Waals surface area (Å²) < 4.78 is 0. The monoisotopic (exact) mass is 316 g/mol. The maximum absolute atomic E-state index is 10.2. The Bertz CT molecular complexity index is 657. The van der Waals surface area contributed by atoms with Crippen LogP contribution in [0.3, 0.4) is 0 Å². The molecule has 0 saturated carbocycles. The molecule has 4 heteroatoms. The smallest absolute Gasteiger partial charge is 0.164 e. The summed E-state index contributed by atoms with van der Waals surface area (Å²) in [4.78, 5) is 0. The van der Waals surface area contributed by atoms with Gasteiger partial charge in [-0.1, -0.05) is 30.3 Å². The first kappa shape index (κ1) is 17.2. The normalized spacial score (nSPS) is 11.6. The van der Waals surface area contributed by atoms with Gasteiger partial charge in [0.2, 0.25) is 0 Å². The average molecular weight is 316 g/mol. The van der Waals surface area contributed by atoms with Gasteiger partial charge < -0.3 is 20.4 Å². The first-order valence-electron chi connectivity index (χ1n) is 7.80. The van der Waals surface area contributed by atoms with E-state index in [1.54, 1.807) is 13.8 Å². The van der Waals surface area contributed by atoms with Crippen LogP contribution >= 0.6 is 0 Å². The number of phenolic OH excluding ortho intramolecular Hbond substituents is 3. The van der Waals surface area contributed by atoms with Crippen LogP contribution in [0.1, 0.15) is 37.0 Å². The summed E-state index contributed by atoms with van der Waals surface area (Å²) >= 11 is 0. The SMILES string of the molecule is CC(C)(O)CCc1c(O)cc(CCc2ccccc2)c(O)c1O. The second-order valence-electron chi connectivity index (χ2n) is 6.53. The van der Waals surface area contributed by atoms with Crippen molar-refractivity contribution in [2.24, 2.45) is 0 Å². The molecule has 4 N–H and O–H groups in total. The van der Waals surface area contributed by atoms with Gasteiger partial charge in [0.25, 0.3) is 0 Å². The molecule has 0 aliphatic heterocycles. The first-order valence-corrected chi connectivity index (χ1v) is 7.80. The highest BCUT2D eigenvalue weighted by Gasteiger charge is 2.20. The zero-order valence-electron chi connectivity index (χ0n) is 13.6. The van der Waals surface area contributed by atoms with Crippen LogP contribution in [0.2, 0.25) is 0 Å². The molecule has 0 unspecified atom stereocenters. The van der Waals surface area contributed by atoms with Crippen LogP contribution in [-0.4, -0.2) is 26.0 Å². The molecule has 2 aromatic rings. The fraction of sp³-hybridized carbons (Fsp3) is 0.368. The molecule has 0 fully saturated rings. The molecule has 23 heavy (non-hydrogen) atoms. The molecular weight excluding hydrogens is 292 g/mol. The second kappa shape index (κ2) is 6.92. The van der Waals surface area contributed by atoms with E-state index in [0.717, 1.165) is 5.56 Å². The van der Waals surface area contributed by atoms with E-state index in [4.69, 9.17) is 0 Å². The number of hydrogen-bond donors (Lipinski definition) is 4. The molecule has 0 heterocycles. The molecule has 0 amide bonds. The van der Waals surface area contributed by atoms with Crippen LogP contribution in [0.5, 0.6) is 17.2 Å². The van der Waals surface area contributed by atoms with E-state index in [1.807, 2.05) is 30.3 Å². The lowest BCUT2D eigenvalue weighted by Crippen LogP contribution is -2.19. The zero-order valence-corrected chi connectivity index (χ0v) is 13.6. The average Bonchev–Trinajstić information content (AvgIpc) is 2.49. The minimum absolute atomic E-state index is 0.0485. The number of aryl methyl sites for hydroxylation is 2. The highest BCUT2D eigenvalue weighted by atomic mass is 16.3. The molecule has 2 rings (SSSR count). The Hall–Kier alpha value is -2.20. The third-order valence-corrected chi connectivity index (χ3v) is 3.95. The lowest BCUT2D eigenvalue weighted by atomic mass is 9.95. The molecule has 0 aromatic heterocycles. The quantitative estimate of drug-likeness (QED) is 0.487. The van der Waals surface area contributed by atoms with Crippen molar-refractivity contribution in [3.05, 3.63) is 53.1 Å². The topological polar surface area (TPSA) is 80.9 Å². The molecule has 0 aliphatic carbocycles. The van der Waals surface area contributed by atoms with Crippen molar-refractivity contribution >= 4 is 0 Å². The standard InChI is InChI=1S/C19H24O4/c1-19(2,23)11-10-15-16(20)12-14(17(21)18(15)22)9-8-13-6-4-3-5-7-13/h3-7,12,20-23H,8-11H2,1-2H3. The maximum atomic E-state index is 10.2. The van der Waals surface area contributed by atoms with E-state index < -0.39 is 5.60 Å². The van der Waals surface area contributed by atoms with Crippen LogP contribution in [0, 0.1) is 0 Å². The molecule has 4 nitrogen and oxygen atoms in total. The van der Waals surface area contributed by atoms with E-state index in [0.29, 0.717) is 24.8 Å². The molecule has 0 aliphatic rings. The highest BCUT2D eigenvalue weighted by Crippen LogP contribution is 2.40. The minimum atomic E-state index is -0.902.